The highest BCUT2D eigenvalue weighted by atomic mass is 35.5. The number of H-pyrrole nitrogens is 1. The summed E-state index contributed by atoms with van der Waals surface area (Å²) in [4.78, 5) is 24.7. The molecule has 0 spiro atoms. The Morgan fingerprint density at radius 2 is 2.14 bits per heavy atom. The normalized spacial score (nSPS) is 12.5. The maximum absolute atomic E-state index is 12.5. The number of nitrogens with one attached hydrogen (secondary N) is 2. The van der Waals surface area contributed by atoms with Gasteiger partial charge in [-0.3, -0.25) is 14.7 Å². The maximum atomic E-state index is 12.5. The van der Waals surface area contributed by atoms with Crippen LogP contribution in [0.3, 0.4) is 0 Å². The number of halogens is 1. The van der Waals surface area contributed by atoms with Gasteiger partial charge in [0.1, 0.15) is 5.69 Å². The van der Waals surface area contributed by atoms with E-state index < -0.39 is 0 Å². The van der Waals surface area contributed by atoms with Gasteiger partial charge in [-0.25, -0.2) is 4.68 Å². The molecule has 2 N–H and O–H groups in total. The molecule has 0 radical (unpaired) electrons. The monoisotopic (exact) mass is 305 g/mol. The van der Waals surface area contributed by atoms with E-state index in [4.69, 9.17) is 11.6 Å². The summed E-state index contributed by atoms with van der Waals surface area (Å²) in [6, 6.07) is 5.43. The Morgan fingerprint density at radius 1 is 1.33 bits per heavy atom. The van der Waals surface area contributed by atoms with Crippen LogP contribution in [0.1, 0.15) is 30.9 Å². The first-order valence-corrected chi connectivity index (χ1v) is 7.39. The van der Waals surface area contributed by atoms with E-state index in [2.05, 4.69) is 10.4 Å². The molecule has 2 aromatic rings. The average Bonchev–Trinajstić information content (AvgIpc) is 2.48. The molecule has 21 heavy (non-hydrogen) atoms. The highest BCUT2D eigenvalue weighted by Crippen LogP contribution is 2.30. The van der Waals surface area contributed by atoms with Crippen molar-refractivity contribution in [1.82, 2.24) is 9.78 Å². The first-order chi connectivity index (χ1) is 10.1. The minimum absolute atomic E-state index is 0.133. The number of aromatic amines is 1. The van der Waals surface area contributed by atoms with Crippen molar-refractivity contribution in [2.45, 2.75) is 32.7 Å². The number of nitrogens with zero attached hydrogens (tertiary/aromatic N) is 1. The fraction of sp³-hybridized carbons (Fsp3) is 0.333. The molecule has 0 unspecified atom stereocenters. The number of benzene rings is 1. The van der Waals surface area contributed by atoms with E-state index in [0.717, 1.165) is 24.1 Å². The van der Waals surface area contributed by atoms with Crippen molar-refractivity contribution in [3.05, 3.63) is 55.1 Å². The molecule has 0 amide bonds. The number of hydrogen-bond donors (Lipinski definition) is 2. The van der Waals surface area contributed by atoms with Crippen molar-refractivity contribution in [3.63, 3.8) is 0 Å². The Bertz CT molecular complexity index is 808. The Labute approximate surface area is 126 Å². The number of aromatic nitrogens is 2. The summed E-state index contributed by atoms with van der Waals surface area (Å²) in [5.74, 6) is 0. The number of unbranched alkanes of at least 4 members (excludes halogenated alkanes) is 1. The third kappa shape index (κ3) is 2.49. The molecular formula is C15H16ClN3O2. The van der Waals surface area contributed by atoms with Crippen LogP contribution < -0.4 is 16.4 Å². The van der Waals surface area contributed by atoms with E-state index in [1.165, 1.54) is 4.68 Å². The fourth-order valence-electron chi connectivity index (χ4n) is 2.55. The van der Waals surface area contributed by atoms with Crippen molar-refractivity contribution in [1.29, 1.82) is 0 Å². The lowest BCUT2D eigenvalue weighted by Crippen LogP contribution is -2.36. The van der Waals surface area contributed by atoms with Crippen LogP contribution >= 0.6 is 11.6 Å². The molecular weight excluding hydrogens is 290 g/mol. The van der Waals surface area contributed by atoms with Gasteiger partial charge in [-0.1, -0.05) is 31.0 Å². The second kappa shape index (κ2) is 5.41. The van der Waals surface area contributed by atoms with Gasteiger partial charge in [0.2, 0.25) is 0 Å². The summed E-state index contributed by atoms with van der Waals surface area (Å²) in [6.45, 7) is 2.58. The molecule has 1 aliphatic heterocycles. The number of fused-ring (bicyclic) bond motifs is 2. The van der Waals surface area contributed by atoms with E-state index in [1.807, 2.05) is 13.0 Å². The standard InChI is InChI=1S/C15H16ClN3O2/c1-2-3-6-19-15(21)11-7-9-4-5-10(16)8-12(9)17-13(11)14(20)18-19/h4-5,8,17H,2-3,6-7H2,1H3,(H,18,20). The van der Waals surface area contributed by atoms with Gasteiger partial charge >= 0.3 is 0 Å². The van der Waals surface area contributed by atoms with Gasteiger partial charge in [0.05, 0.1) is 5.56 Å². The largest absolute Gasteiger partial charge is 0.350 e. The van der Waals surface area contributed by atoms with Crippen molar-refractivity contribution in [2.75, 3.05) is 5.32 Å². The molecule has 1 aromatic heterocycles. The Morgan fingerprint density at radius 3 is 2.90 bits per heavy atom. The molecule has 0 saturated carbocycles. The molecule has 110 valence electrons. The molecule has 0 fully saturated rings. The summed E-state index contributed by atoms with van der Waals surface area (Å²) in [5.41, 5.74) is 2.20. The maximum Gasteiger partial charge on any atom is 0.286 e. The van der Waals surface area contributed by atoms with E-state index in [0.29, 0.717) is 29.2 Å². The first kappa shape index (κ1) is 13.9. The summed E-state index contributed by atoms with van der Waals surface area (Å²) in [6.07, 6.45) is 2.27. The second-order valence-electron chi connectivity index (χ2n) is 5.21. The van der Waals surface area contributed by atoms with Gasteiger partial charge < -0.3 is 5.32 Å². The molecule has 0 atom stereocenters. The molecule has 0 saturated heterocycles. The Kier molecular flexibility index (Phi) is 3.59. The predicted octanol–water partition coefficient (Wildman–Crippen LogP) is 2.64. The van der Waals surface area contributed by atoms with E-state index in [9.17, 15) is 9.59 Å². The molecule has 0 aliphatic carbocycles. The van der Waals surface area contributed by atoms with Crippen molar-refractivity contribution >= 4 is 23.0 Å². The molecule has 5 nitrogen and oxygen atoms in total. The van der Waals surface area contributed by atoms with Crippen LogP contribution in [0.4, 0.5) is 11.4 Å². The van der Waals surface area contributed by atoms with Gasteiger partial charge in [0.15, 0.2) is 0 Å². The van der Waals surface area contributed by atoms with Crippen molar-refractivity contribution in [2.24, 2.45) is 0 Å². The Hall–Kier alpha value is -2.01. The predicted molar refractivity (Wildman–Crippen MR) is 83.8 cm³/mol. The molecule has 0 bridgehead atoms. The highest BCUT2D eigenvalue weighted by molar-refractivity contribution is 6.30. The lowest BCUT2D eigenvalue weighted by molar-refractivity contribution is 0.532. The molecule has 3 rings (SSSR count). The quantitative estimate of drug-likeness (QED) is 0.781. The van der Waals surface area contributed by atoms with Crippen LogP contribution in [0.15, 0.2) is 27.8 Å². The van der Waals surface area contributed by atoms with E-state index in [-0.39, 0.29) is 11.1 Å². The smallest absolute Gasteiger partial charge is 0.286 e. The topological polar surface area (TPSA) is 66.9 Å². The highest BCUT2D eigenvalue weighted by Gasteiger charge is 2.22. The zero-order chi connectivity index (χ0) is 15.0. The first-order valence-electron chi connectivity index (χ1n) is 7.01. The molecule has 2 heterocycles. The van der Waals surface area contributed by atoms with Crippen LogP contribution in [-0.2, 0) is 13.0 Å². The van der Waals surface area contributed by atoms with Crippen molar-refractivity contribution in [3.8, 4) is 0 Å². The van der Waals surface area contributed by atoms with E-state index in [1.54, 1.807) is 12.1 Å². The van der Waals surface area contributed by atoms with Gasteiger partial charge in [-0.2, -0.15) is 0 Å². The second-order valence-corrected chi connectivity index (χ2v) is 5.64. The van der Waals surface area contributed by atoms with Gasteiger partial charge in [-0.15, -0.1) is 0 Å². The third-order valence-corrected chi connectivity index (χ3v) is 3.94. The summed E-state index contributed by atoms with van der Waals surface area (Å²) in [5, 5.41) is 6.26. The van der Waals surface area contributed by atoms with Gasteiger partial charge in [0, 0.05) is 23.7 Å². The van der Waals surface area contributed by atoms with Crippen LogP contribution in [0.25, 0.3) is 0 Å². The zero-order valence-electron chi connectivity index (χ0n) is 11.7. The number of aryl methyl sites for hydroxylation is 1. The summed E-state index contributed by atoms with van der Waals surface area (Å²) < 4.78 is 1.41. The lowest BCUT2D eigenvalue weighted by atomic mass is 9.99. The van der Waals surface area contributed by atoms with Gasteiger partial charge in [0.25, 0.3) is 11.1 Å². The minimum atomic E-state index is -0.272. The minimum Gasteiger partial charge on any atom is -0.350 e. The third-order valence-electron chi connectivity index (χ3n) is 3.70. The number of rotatable bonds is 3. The summed E-state index contributed by atoms with van der Waals surface area (Å²) >= 11 is 5.97. The van der Waals surface area contributed by atoms with Crippen LogP contribution in [-0.4, -0.2) is 9.78 Å². The van der Waals surface area contributed by atoms with Crippen molar-refractivity contribution < 1.29 is 0 Å². The molecule has 6 heteroatoms. The van der Waals surface area contributed by atoms with Crippen LogP contribution in [0.5, 0.6) is 0 Å². The van der Waals surface area contributed by atoms with Gasteiger partial charge in [-0.05, 0) is 24.1 Å². The average molecular weight is 306 g/mol. The molecule has 1 aliphatic rings. The van der Waals surface area contributed by atoms with Crippen LogP contribution in [0, 0.1) is 0 Å². The SMILES string of the molecule is CCCCn1[nH]c(=O)c2c(c1=O)Cc1ccc(Cl)cc1N2. The zero-order valence-corrected chi connectivity index (χ0v) is 12.5. The number of hydrogen-bond acceptors (Lipinski definition) is 3. The Balaban J connectivity index is 2.09. The summed E-state index contributed by atoms with van der Waals surface area (Å²) in [7, 11) is 0. The number of anilines is 2. The van der Waals surface area contributed by atoms with E-state index >= 15 is 0 Å². The lowest BCUT2D eigenvalue weighted by Gasteiger charge is -2.21. The van der Waals surface area contributed by atoms with Crippen LogP contribution in [0.2, 0.25) is 5.02 Å². The molecule has 1 aromatic carbocycles. The fourth-order valence-corrected chi connectivity index (χ4v) is 2.72.